The van der Waals surface area contributed by atoms with Gasteiger partial charge >= 0.3 is 0 Å². The van der Waals surface area contributed by atoms with Crippen molar-refractivity contribution in [3.8, 4) is 11.8 Å². The summed E-state index contributed by atoms with van der Waals surface area (Å²) in [5.41, 5.74) is 1.42. The average Bonchev–Trinajstić information content (AvgIpc) is 2.65. The van der Waals surface area contributed by atoms with Gasteiger partial charge in [-0.15, -0.1) is 5.92 Å². The molecule has 0 bridgehead atoms. The van der Waals surface area contributed by atoms with E-state index < -0.39 is 0 Å². The fourth-order valence-corrected chi connectivity index (χ4v) is 1.98. The zero-order valence-electron chi connectivity index (χ0n) is 8.50. The van der Waals surface area contributed by atoms with Gasteiger partial charge in [0.2, 0.25) is 0 Å². The molecule has 1 heteroatoms. The Labute approximate surface area is 85.0 Å². The highest BCUT2D eigenvalue weighted by molar-refractivity contribution is 7.07. The molecular formula is C12H16S. The summed E-state index contributed by atoms with van der Waals surface area (Å²) in [5.74, 6) is 7.45. The standard InChI is InChI=1S/C12H16S/c1-4-5-6-10(2)11(3)12-7-8-13-9-12/h7-11H,4H2,1-3H3. The maximum atomic E-state index is 3.27. The molecule has 0 aliphatic rings. The molecule has 0 spiro atoms. The van der Waals surface area contributed by atoms with Gasteiger partial charge < -0.3 is 0 Å². The fourth-order valence-electron chi connectivity index (χ4n) is 1.21. The van der Waals surface area contributed by atoms with E-state index in [0.717, 1.165) is 6.42 Å². The van der Waals surface area contributed by atoms with Crippen LogP contribution >= 0.6 is 11.3 Å². The molecule has 0 saturated carbocycles. The van der Waals surface area contributed by atoms with E-state index >= 15 is 0 Å². The van der Waals surface area contributed by atoms with Gasteiger partial charge in [0.25, 0.3) is 0 Å². The predicted octanol–water partition coefficient (Wildman–Crippen LogP) is 3.90. The van der Waals surface area contributed by atoms with Crippen LogP contribution in [0.1, 0.15) is 38.7 Å². The van der Waals surface area contributed by atoms with Crippen LogP contribution in [0, 0.1) is 17.8 Å². The van der Waals surface area contributed by atoms with Crippen LogP contribution in [0.3, 0.4) is 0 Å². The zero-order valence-corrected chi connectivity index (χ0v) is 9.32. The van der Waals surface area contributed by atoms with Gasteiger partial charge in [0, 0.05) is 12.3 Å². The van der Waals surface area contributed by atoms with E-state index in [0.29, 0.717) is 11.8 Å². The van der Waals surface area contributed by atoms with Crippen LogP contribution < -0.4 is 0 Å². The largest absolute Gasteiger partial charge is 0.152 e. The molecule has 0 saturated heterocycles. The van der Waals surface area contributed by atoms with E-state index in [1.165, 1.54) is 5.56 Å². The van der Waals surface area contributed by atoms with E-state index in [1.54, 1.807) is 11.3 Å². The van der Waals surface area contributed by atoms with Gasteiger partial charge in [-0.1, -0.05) is 26.7 Å². The molecule has 0 fully saturated rings. The molecule has 1 heterocycles. The highest BCUT2D eigenvalue weighted by Crippen LogP contribution is 2.25. The summed E-state index contributed by atoms with van der Waals surface area (Å²) < 4.78 is 0. The topological polar surface area (TPSA) is 0 Å². The normalized spacial score (nSPS) is 14.4. The van der Waals surface area contributed by atoms with Crippen LogP contribution in [0.4, 0.5) is 0 Å². The molecular weight excluding hydrogens is 176 g/mol. The molecule has 2 atom stereocenters. The third kappa shape index (κ3) is 2.90. The van der Waals surface area contributed by atoms with Crippen LogP contribution in [0.15, 0.2) is 16.8 Å². The minimum absolute atomic E-state index is 0.467. The second-order valence-electron chi connectivity index (χ2n) is 3.31. The first-order valence-corrected chi connectivity index (χ1v) is 5.70. The third-order valence-electron chi connectivity index (χ3n) is 2.33. The molecule has 0 nitrogen and oxygen atoms in total. The van der Waals surface area contributed by atoms with E-state index in [9.17, 15) is 0 Å². The van der Waals surface area contributed by atoms with Crippen LogP contribution in [-0.4, -0.2) is 0 Å². The second kappa shape index (κ2) is 5.09. The molecule has 0 aliphatic carbocycles. The fraction of sp³-hybridized carbons (Fsp3) is 0.500. The summed E-state index contributed by atoms with van der Waals surface area (Å²) in [5, 5.41) is 4.35. The Hall–Kier alpha value is -0.740. The Kier molecular flexibility index (Phi) is 4.05. The van der Waals surface area contributed by atoms with Crippen LogP contribution in [0.2, 0.25) is 0 Å². The van der Waals surface area contributed by atoms with E-state index in [2.05, 4.69) is 49.4 Å². The smallest absolute Gasteiger partial charge is 0.0240 e. The van der Waals surface area contributed by atoms with Crippen molar-refractivity contribution in [3.05, 3.63) is 22.4 Å². The maximum Gasteiger partial charge on any atom is 0.0240 e. The highest BCUT2D eigenvalue weighted by atomic mass is 32.1. The number of hydrogen-bond donors (Lipinski definition) is 0. The predicted molar refractivity (Wildman–Crippen MR) is 60.0 cm³/mol. The minimum Gasteiger partial charge on any atom is -0.152 e. The van der Waals surface area contributed by atoms with Crippen molar-refractivity contribution >= 4 is 11.3 Å². The molecule has 0 N–H and O–H groups in total. The summed E-state index contributed by atoms with van der Waals surface area (Å²) in [4.78, 5) is 0. The van der Waals surface area contributed by atoms with Gasteiger partial charge in [-0.2, -0.15) is 11.3 Å². The molecule has 70 valence electrons. The number of thiophene rings is 1. The third-order valence-corrected chi connectivity index (χ3v) is 3.03. The lowest BCUT2D eigenvalue weighted by molar-refractivity contribution is 0.611. The van der Waals surface area contributed by atoms with Crippen molar-refractivity contribution in [2.45, 2.75) is 33.1 Å². The Morgan fingerprint density at radius 1 is 1.46 bits per heavy atom. The van der Waals surface area contributed by atoms with Gasteiger partial charge in [-0.3, -0.25) is 0 Å². The molecule has 0 amide bonds. The van der Waals surface area contributed by atoms with Crippen molar-refractivity contribution in [1.82, 2.24) is 0 Å². The van der Waals surface area contributed by atoms with Crippen molar-refractivity contribution in [3.63, 3.8) is 0 Å². The lowest BCUT2D eigenvalue weighted by atomic mass is 9.91. The number of hydrogen-bond acceptors (Lipinski definition) is 1. The maximum absolute atomic E-state index is 3.27. The second-order valence-corrected chi connectivity index (χ2v) is 4.09. The highest BCUT2D eigenvalue weighted by Gasteiger charge is 2.11. The van der Waals surface area contributed by atoms with Crippen molar-refractivity contribution in [1.29, 1.82) is 0 Å². The summed E-state index contributed by atoms with van der Waals surface area (Å²) in [6, 6.07) is 2.19. The van der Waals surface area contributed by atoms with Crippen molar-refractivity contribution in [2.75, 3.05) is 0 Å². The molecule has 13 heavy (non-hydrogen) atoms. The van der Waals surface area contributed by atoms with Crippen molar-refractivity contribution in [2.24, 2.45) is 5.92 Å². The van der Waals surface area contributed by atoms with E-state index in [1.807, 2.05) is 0 Å². The molecule has 2 unspecified atom stereocenters. The average molecular weight is 192 g/mol. The molecule has 1 aromatic heterocycles. The Balaban J connectivity index is 2.62. The van der Waals surface area contributed by atoms with Crippen LogP contribution in [0.25, 0.3) is 0 Å². The monoisotopic (exact) mass is 192 g/mol. The van der Waals surface area contributed by atoms with Gasteiger partial charge in [-0.05, 0) is 28.3 Å². The molecule has 1 rings (SSSR count). The first kappa shape index (κ1) is 10.3. The molecule has 0 radical (unpaired) electrons. The lowest BCUT2D eigenvalue weighted by Crippen LogP contribution is -2.02. The Morgan fingerprint density at radius 3 is 2.77 bits per heavy atom. The van der Waals surface area contributed by atoms with Gasteiger partial charge in [0.05, 0.1) is 0 Å². The molecule has 0 aliphatic heterocycles. The Morgan fingerprint density at radius 2 is 2.23 bits per heavy atom. The summed E-state index contributed by atoms with van der Waals surface area (Å²) in [6.07, 6.45) is 0.959. The van der Waals surface area contributed by atoms with E-state index in [4.69, 9.17) is 0 Å². The molecule has 1 aromatic rings. The Bertz CT molecular complexity index is 287. The first-order valence-electron chi connectivity index (χ1n) is 4.76. The van der Waals surface area contributed by atoms with E-state index in [-0.39, 0.29) is 0 Å². The van der Waals surface area contributed by atoms with Gasteiger partial charge in [0.15, 0.2) is 0 Å². The summed E-state index contributed by atoms with van der Waals surface area (Å²) >= 11 is 1.76. The number of rotatable bonds is 2. The van der Waals surface area contributed by atoms with Crippen molar-refractivity contribution < 1.29 is 0 Å². The molecule has 0 aromatic carbocycles. The quantitative estimate of drug-likeness (QED) is 0.623. The SMILES string of the molecule is CCC#CC(C)C(C)c1ccsc1. The lowest BCUT2D eigenvalue weighted by Gasteiger charge is -2.12. The van der Waals surface area contributed by atoms with Crippen LogP contribution in [-0.2, 0) is 0 Å². The zero-order chi connectivity index (χ0) is 9.68. The van der Waals surface area contributed by atoms with Gasteiger partial charge in [-0.25, -0.2) is 0 Å². The van der Waals surface area contributed by atoms with Gasteiger partial charge in [0.1, 0.15) is 0 Å². The first-order chi connectivity index (χ1) is 6.25. The summed E-state index contributed by atoms with van der Waals surface area (Å²) in [6.45, 7) is 6.54. The summed E-state index contributed by atoms with van der Waals surface area (Å²) in [7, 11) is 0. The minimum atomic E-state index is 0.467. The van der Waals surface area contributed by atoms with Crippen LogP contribution in [0.5, 0.6) is 0 Å².